The maximum absolute atomic E-state index is 12.3. The summed E-state index contributed by atoms with van der Waals surface area (Å²) >= 11 is 5.94. The minimum absolute atomic E-state index is 0.109. The minimum atomic E-state index is -0.514. The molecule has 3 nitrogen and oxygen atoms in total. The van der Waals surface area contributed by atoms with Crippen LogP contribution in [0, 0.1) is 13.8 Å². The van der Waals surface area contributed by atoms with Crippen LogP contribution in [0.25, 0.3) is 0 Å². The van der Waals surface area contributed by atoms with E-state index in [4.69, 9.17) is 16.3 Å². The number of ether oxygens (including phenoxy) is 1. The summed E-state index contributed by atoms with van der Waals surface area (Å²) in [5, 5.41) is 3.59. The maximum atomic E-state index is 12.3. The van der Waals surface area contributed by atoms with Gasteiger partial charge < -0.3 is 10.1 Å². The van der Waals surface area contributed by atoms with Crippen LogP contribution in [-0.2, 0) is 11.3 Å². The van der Waals surface area contributed by atoms with Gasteiger partial charge in [0, 0.05) is 11.6 Å². The van der Waals surface area contributed by atoms with Crippen LogP contribution in [0.2, 0.25) is 5.02 Å². The van der Waals surface area contributed by atoms with Gasteiger partial charge in [-0.2, -0.15) is 0 Å². The molecular formula is C19H22ClNO2. The number of carbonyl (C=O) groups excluding carboxylic acids is 1. The van der Waals surface area contributed by atoms with Crippen molar-refractivity contribution in [1.29, 1.82) is 0 Å². The lowest BCUT2D eigenvalue weighted by Gasteiger charge is -2.18. The molecular weight excluding hydrogens is 310 g/mol. The Morgan fingerprint density at radius 3 is 2.48 bits per heavy atom. The lowest BCUT2D eigenvalue weighted by atomic mass is 10.1. The van der Waals surface area contributed by atoms with Gasteiger partial charge in [0.2, 0.25) is 0 Å². The summed E-state index contributed by atoms with van der Waals surface area (Å²) in [6.07, 6.45) is 0.0854. The van der Waals surface area contributed by atoms with Crippen molar-refractivity contribution in [2.75, 3.05) is 0 Å². The zero-order valence-electron chi connectivity index (χ0n) is 13.7. The maximum Gasteiger partial charge on any atom is 0.261 e. The number of aryl methyl sites for hydroxylation is 2. The predicted octanol–water partition coefficient (Wildman–Crippen LogP) is 4.43. The first kappa shape index (κ1) is 17.4. The number of hydrogen-bond acceptors (Lipinski definition) is 2. The van der Waals surface area contributed by atoms with Crippen molar-refractivity contribution < 1.29 is 9.53 Å². The molecule has 1 atom stereocenters. The monoisotopic (exact) mass is 331 g/mol. The van der Waals surface area contributed by atoms with Crippen molar-refractivity contribution in [2.45, 2.75) is 39.8 Å². The molecule has 0 bridgehead atoms. The predicted molar refractivity (Wildman–Crippen MR) is 93.9 cm³/mol. The van der Waals surface area contributed by atoms with E-state index in [-0.39, 0.29) is 5.91 Å². The van der Waals surface area contributed by atoms with E-state index >= 15 is 0 Å². The molecule has 0 saturated heterocycles. The Morgan fingerprint density at radius 2 is 1.87 bits per heavy atom. The number of amides is 1. The zero-order valence-corrected chi connectivity index (χ0v) is 14.5. The van der Waals surface area contributed by atoms with Crippen molar-refractivity contribution in [3.05, 3.63) is 64.2 Å². The lowest BCUT2D eigenvalue weighted by molar-refractivity contribution is -0.128. The topological polar surface area (TPSA) is 38.3 Å². The third kappa shape index (κ3) is 5.00. The molecule has 0 aliphatic rings. The second kappa shape index (κ2) is 8.02. The largest absolute Gasteiger partial charge is 0.480 e. The van der Waals surface area contributed by atoms with Gasteiger partial charge in [-0.05, 0) is 49.6 Å². The first-order chi connectivity index (χ1) is 11.0. The first-order valence-electron chi connectivity index (χ1n) is 7.75. The molecule has 0 spiro atoms. The van der Waals surface area contributed by atoms with Gasteiger partial charge >= 0.3 is 0 Å². The molecule has 1 N–H and O–H groups in total. The number of hydrogen-bond donors (Lipinski definition) is 1. The van der Waals surface area contributed by atoms with Gasteiger partial charge in [0.05, 0.1) is 0 Å². The number of halogens is 1. The Morgan fingerprint density at radius 1 is 1.17 bits per heavy atom. The smallest absolute Gasteiger partial charge is 0.261 e. The number of rotatable bonds is 6. The molecule has 2 aromatic carbocycles. The highest BCUT2D eigenvalue weighted by molar-refractivity contribution is 6.30. The van der Waals surface area contributed by atoms with Crippen molar-refractivity contribution in [3.8, 4) is 5.75 Å². The highest BCUT2D eigenvalue weighted by atomic mass is 35.5. The lowest BCUT2D eigenvalue weighted by Crippen LogP contribution is -2.37. The van der Waals surface area contributed by atoms with Gasteiger partial charge in [-0.1, -0.05) is 48.4 Å². The molecule has 122 valence electrons. The second-order valence-electron chi connectivity index (χ2n) is 5.63. The first-order valence-corrected chi connectivity index (χ1v) is 8.13. The zero-order chi connectivity index (χ0) is 16.8. The third-order valence-corrected chi connectivity index (χ3v) is 3.89. The van der Waals surface area contributed by atoms with Gasteiger partial charge in [0.25, 0.3) is 5.91 Å². The molecule has 0 radical (unpaired) electrons. The van der Waals surface area contributed by atoms with Crippen molar-refractivity contribution >= 4 is 17.5 Å². The summed E-state index contributed by atoms with van der Waals surface area (Å²) < 4.78 is 5.85. The van der Waals surface area contributed by atoms with Crippen molar-refractivity contribution in [1.82, 2.24) is 5.32 Å². The van der Waals surface area contributed by atoms with Crippen LogP contribution in [0.15, 0.2) is 42.5 Å². The Hall–Kier alpha value is -2.00. The van der Waals surface area contributed by atoms with E-state index < -0.39 is 6.10 Å². The van der Waals surface area contributed by atoms with Crippen LogP contribution in [0.3, 0.4) is 0 Å². The van der Waals surface area contributed by atoms with E-state index in [2.05, 4.69) is 5.32 Å². The molecule has 0 aliphatic carbocycles. The summed E-state index contributed by atoms with van der Waals surface area (Å²) in [6.45, 7) is 6.38. The van der Waals surface area contributed by atoms with E-state index in [1.54, 1.807) is 12.1 Å². The van der Waals surface area contributed by atoms with Gasteiger partial charge in [0.1, 0.15) is 5.75 Å². The number of carbonyl (C=O) groups is 1. The molecule has 1 unspecified atom stereocenters. The summed E-state index contributed by atoms with van der Waals surface area (Å²) in [5.74, 6) is 0.578. The molecule has 1 amide bonds. The quantitative estimate of drug-likeness (QED) is 0.850. The third-order valence-electron chi connectivity index (χ3n) is 3.66. The fraction of sp³-hybridized carbons (Fsp3) is 0.316. The average Bonchev–Trinajstić information content (AvgIpc) is 2.53. The number of nitrogens with one attached hydrogen (secondary N) is 1. The summed E-state index contributed by atoms with van der Waals surface area (Å²) in [6, 6.07) is 13.5. The Balaban J connectivity index is 1.96. The Labute approximate surface area is 142 Å². The highest BCUT2D eigenvalue weighted by Crippen LogP contribution is 2.23. The molecule has 0 aliphatic heterocycles. The van der Waals surface area contributed by atoms with Crippen molar-refractivity contribution in [2.24, 2.45) is 0 Å². The van der Waals surface area contributed by atoms with Gasteiger partial charge in [0.15, 0.2) is 6.10 Å². The average molecular weight is 332 g/mol. The molecule has 0 saturated carbocycles. The van der Waals surface area contributed by atoms with E-state index in [0.717, 1.165) is 11.1 Å². The fourth-order valence-corrected chi connectivity index (χ4v) is 2.46. The van der Waals surface area contributed by atoms with Gasteiger partial charge in [-0.3, -0.25) is 4.79 Å². The van der Waals surface area contributed by atoms with Crippen LogP contribution in [-0.4, -0.2) is 12.0 Å². The van der Waals surface area contributed by atoms with Crippen LogP contribution < -0.4 is 10.1 Å². The van der Waals surface area contributed by atoms with E-state index in [1.807, 2.05) is 51.1 Å². The Bertz CT molecular complexity index is 668. The molecule has 23 heavy (non-hydrogen) atoms. The van der Waals surface area contributed by atoms with Crippen LogP contribution in [0.5, 0.6) is 5.75 Å². The fourth-order valence-electron chi connectivity index (χ4n) is 2.23. The SMILES string of the molecule is CCC(Oc1ccc(Cl)cc1C)C(=O)NCc1ccc(C)cc1. The van der Waals surface area contributed by atoms with Crippen LogP contribution >= 0.6 is 11.6 Å². The highest BCUT2D eigenvalue weighted by Gasteiger charge is 2.18. The van der Waals surface area contributed by atoms with Gasteiger partial charge in [-0.15, -0.1) is 0 Å². The van der Waals surface area contributed by atoms with Crippen LogP contribution in [0.4, 0.5) is 0 Å². The molecule has 0 aromatic heterocycles. The Kier molecular flexibility index (Phi) is 6.05. The standard InChI is InChI=1S/C19H22ClNO2/c1-4-17(23-18-10-9-16(20)11-14(18)3)19(22)21-12-15-7-5-13(2)6-8-15/h5-11,17H,4,12H2,1-3H3,(H,21,22). The number of benzene rings is 2. The van der Waals surface area contributed by atoms with Crippen molar-refractivity contribution in [3.63, 3.8) is 0 Å². The van der Waals surface area contributed by atoms with E-state index in [9.17, 15) is 4.79 Å². The molecule has 0 fully saturated rings. The second-order valence-corrected chi connectivity index (χ2v) is 6.06. The molecule has 2 rings (SSSR count). The summed E-state index contributed by atoms with van der Waals surface area (Å²) in [4.78, 5) is 12.3. The summed E-state index contributed by atoms with van der Waals surface area (Å²) in [5.41, 5.74) is 3.19. The van der Waals surface area contributed by atoms with Gasteiger partial charge in [-0.25, -0.2) is 0 Å². The molecule has 0 heterocycles. The van der Waals surface area contributed by atoms with E-state index in [0.29, 0.717) is 23.7 Å². The molecule has 4 heteroatoms. The van der Waals surface area contributed by atoms with Crippen LogP contribution in [0.1, 0.15) is 30.0 Å². The molecule has 2 aromatic rings. The van der Waals surface area contributed by atoms with E-state index in [1.165, 1.54) is 5.56 Å². The normalized spacial score (nSPS) is 11.8. The summed E-state index contributed by atoms with van der Waals surface area (Å²) in [7, 11) is 0. The minimum Gasteiger partial charge on any atom is -0.480 e.